The van der Waals surface area contributed by atoms with Gasteiger partial charge in [0.15, 0.2) is 0 Å². The molecule has 88 valence electrons. The Hall–Kier alpha value is -0.340. The van der Waals surface area contributed by atoms with Crippen LogP contribution in [0.2, 0.25) is 0 Å². The highest BCUT2D eigenvalue weighted by Crippen LogP contribution is 2.62. The largest absolute Gasteiger partial charge is 0.312 e. The van der Waals surface area contributed by atoms with Gasteiger partial charge in [-0.15, -0.1) is 11.3 Å². The van der Waals surface area contributed by atoms with E-state index in [0.29, 0.717) is 6.04 Å². The van der Waals surface area contributed by atoms with Crippen LogP contribution >= 0.6 is 11.3 Å². The van der Waals surface area contributed by atoms with Gasteiger partial charge in [-0.1, -0.05) is 13.3 Å². The van der Waals surface area contributed by atoms with E-state index in [1.807, 2.05) is 11.3 Å². The van der Waals surface area contributed by atoms with Gasteiger partial charge < -0.3 is 5.32 Å². The van der Waals surface area contributed by atoms with Gasteiger partial charge >= 0.3 is 0 Å². The second kappa shape index (κ2) is 4.15. The molecule has 1 heterocycles. The lowest BCUT2D eigenvalue weighted by Gasteiger charge is -2.16. The third-order valence-corrected chi connectivity index (χ3v) is 5.82. The number of thiophene rings is 1. The van der Waals surface area contributed by atoms with Crippen molar-refractivity contribution < 1.29 is 0 Å². The minimum absolute atomic E-state index is 0.639. The Bertz CT molecular complexity index is 361. The smallest absolute Gasteiger partial charge is 0.0446 e. The number of hydrogen-bond donors (Lipinski definition) is 1. The molecule has 3 atom stereocenters. The van der Waals surface area contributed by atoms with E-state index in [2.05, 4.69) is 31.4 Å². The van der Waals surface area contributed by atoms with Crippen molar-refractivity contribution in [1.82, 2.24) is 5.32 Å². The molecule has 0 saturated heterocycles. The zero-order chi connectivity index (χ0) is 11.1. The molecule has 3 rings (SSSR count). The van der Waals surface area contributed by atoms with Gasteiger partial charge in [0.1, 0.15) is 0 Å². The Kier molecular flexibility index (Phi) is 2.80. The standard InChI is InChI=1S/C14H21NS/c1-3-9-7-8-12(16-9)14(15-2)13-10-5-4-6-11(10)13/h7-8,10-11,13-15H,3-6H2,1-2H3. The quantitative estimate of drug-likeness (QED) is 0.840. The summed E-state index contributed by atoms with van der Waals surface area (Å²) in [6.45, 7) is 2.25. The lowest BCUT2D eigenvalue weighted by Crippen LogP contribution is -2.19. The summed E-state index contributed by atoms with van der Waals surface area (Å²) in [4.78, 5) is 3.10. The average molecular weight is 235 g/mol. The molecule has 1 aromatic heterocycles. The molecule has 1 aromatic rings. The Morgan fingerprint density at radius 1 is 1.38 bits per heavy atom. The fourth-order valence-corrected chi connectivity index (χ4v) is 4.77. The molecule has 2 saturated carbocycles. The summed E-state index contributed by atoms with van der Waals surface area (Å²) >= 11 is 2.01. The Labute approximate surface area is 102 Å². The average Bonchev–Trinajstić information content (AvgIpc) is 2.77. The fourth-order valence-electron chi connectivity index (χ4n) is 3.65. The van der Waals surface area contributed by atoms with Crippen molar-refractivity contribution in [2.75, 3.05) is 7.05 Å². The van der Waals surface area contributed by atoms with E-state index in [4.69, 9.17) is 0 Å². The minimum Gasteiger partial charge on any atom is -0.312 e. The topological polar surface area (TPSA) is 12.0 Å². The van der Waals surface area contributed by atoms with Crippen molar-refractivity contribution in [2.24, 2.45) is 17.8 Å². The van der Waals surface area contributed by atoms with Crippen molar-refractivity contribution in [3.05, 3.63) is 21.9 Å². The van der Waals surface area contributed by atoms with Crippen LogP contribution < -0.4 is 5.32 Å². The van der Waals surface area contributed by atoms with Gasteiger partial charge in [0, 0.05) is 15.8 Å². The van der Waals surface area contributed by atoms with Gasteiger partial charge in [0.2, 0.25) is 0 Å². The molecule has 2 heteroatoms. The fraction of sp³-hybridized carbons (Fsp3) is 0.714. The first-order valence-corrected chi connectivity index (χ1v) is 7.42. The molecule has 1 nitrogen and oxygen atoms in total. The molecule has 2 aliphatic carbocycles. The highest BCUT2D eigenvalue weighted by molar-refractivity contribution is 7.12. The number of hydrogen-bond acceptors (Lipinski definition) is 2. The van der Waals surface area contributed by atoms with E-state index < -0.39 is 0 Å². The molecule has 0 spiro atoms. The summed E-state index contributed by atoms with van der Waals surface area (Å²) in [7, 11) is 2.13. The van der Waals surface area contributed by atoms with Crippen LogP contribution in [0.1, 0.15) is 42.0 Å². The normalized spacial score (nSPS) is 33.8. The van der Waals surface area contributed by atoms with Crippen molar-refractivity contribution >= 4 is 11.3 Å². The van der Waals surface area contributed by atoms with E-state index >= 15 is 0 Å². The van der Waals surface area contributed by atoms with Crippen molar-refractivity contribution in [2.45, 2.75) is 38.6 Å². The van der Waals surface area contributed by atoms with Crippen molar-refractivity contribution in [3.63, 3.8) is 0 Å². The van der Waals surface area contributed by atoms with Crippen molar-refractivity contribution in [3.8, 4) is 0 Å². The highest BCUT2D eigenvalue weighted by atomic mass is 32.1. The lowest BCUT2D eigenvalue weighted by atomic mass is 10.0. The van der Waals surface area contributed by atoms with Crippen LogP contribution in [0.25, 0.3) is 0 Å². The molecular weight excluding hydrogens is 214 g/mol. The number of nitrogens with one attached hydrogen (secondary N) is 1. The van der Waals surface area contributed by atoms with Crippen LogP contribution in [0.4, 0.5) is 0 Å². The molecular formula is C14H21NS. The van der Waals surface area contributed by atoms with Gasteiger partial charge in [0.05, 0.1) is 0 Å². The maximum Gasteiger partial charge on any atom is 0.0446 e. The second-order valence-corrected chi connectivity index (χ2v) is 6.46. The van der Waals surface area contributed by atoms with Gasteiger partial charge in [0.25, 0.3) is 0 Å². The van der Waals surface area contributed by atoms with Gasteiger partial charge in [-0.05, 0) is 56.2 Å². The maximum atomic E-state index is 3.56. The summed E-state index contributed by atoms with van der Waals surface area (Å²) in [5, 5.41) is 3.56. The Morgan fingerprint density at radius 2 is 2.12 bits per heavy atom. The first-order valence-electron chi connectivity index (χ1n) is 6.61. The van der Waals surface area contributed by atoms with Crippen LogP contribution in [0.3, 0.4) is 0 Å². The molecule has 16 heavy (non-hydrogen) atoms. The molecule has 0 aromatic carbocycles. The third-order valence-electron chi connectivity index (χ3n) is 4.51. The van der Waals surface area contributed by atoms with Gasteiger partial charge in [-0.25, -0.2) is 0 Å². The lowest BCUT2D eigenvalue weighted by molar-refractivity contribution is 0.450. The molecule has 3 unspecified atom stereocenters. The van der Waals surface area contributed by atoms with E-state index in [0.717, 1.165) is 17.8 Å². The molecule has 2 aliphatic rings. The van der Waals surface area contributed by atoms with Crippen LogP contribution in [0.5, 0.6) is 0 Å². The second-order valence-electron chi connectivity index (χ2n) is 5.26. The van der Waals surface area contributed by atoms with Crippen LogP contribution in [0, 0.1) is 17.8 Å². The number of aryl methyl sites for hydroxylation is 1. The van der Waals surface area contributed by atoms with E-state index in [1.54, 1.807) is 4.88 Å². The summed E-state index contributed by atoms with van der Waals surface area (Å²) in [5.41, 5.74) is 0. The van der Waals surface area contributed by atoms with Gasteiger partial charge in [-0.2, -0.15) is 0 Å². The Morgan fingerprint density at radius 3 is 2.69 bits per heavy atom. The first-order chi connectivity index (χ1) is 7.85. The Balaban J connectivity index is 1.76. The number of rotatable bonds is 4. The van der Waals surface area contributed by atoms with Crippen LogP contribution in [-0.4, -0.2) is 7.05 Å². The summed E-state index contributed by atoms with van der Waals surface area (Å²) in [6, 6.07) is 5.29. The predicted molar refractivity (Wildman–Crippen MR) is 69.8 cm³/mol. The molecule has 1 N–H and O–H groups in total. The molecule has 0 bridgehead atoms. The zero-order valence-electron chi connectivity index (χ0n) is 10.2. The van der Waals surface area contributed by atoms with Gasteiger partial charge in [-0.3, -0.25) is 0 Å². The van der Waals surface area contributed by atoms with E-state index in [9.17, 15) is 0 Å². The van der Waals surface area contributed by atoms with E-state index in [-0.39, 0.29) is 0 Å². The van der Waals surface area contributed by atoms with E-state index in [1.165, 1.54) is 30.6 Å². The predicted octanol–water partition coefficient (Wildman–Crippen LogP) is 3.62. The molecule has 2 fully saturated rings. The minimum atomic E-state index is 0.639. The molecule has 0 radical (unpaired) electrons. The molecule has 0 amide bonds. The van der Waals surface area contributed by atoms with Crippen molar-refractivity contribution in [1.29, 1.82) is 0 Å². The monoisotopic (exact) mass is 235 g/mol. The first kappa shape index (κ1) is 10.8. The van der Waals surface area contributed by atoms with Crippen LogP contribution in [-0.2, 0) is 6.42 Å². The number of fused-ring (bicyclic) bond motifs is 1. The van der Waals surface area contributed by atoms with Crippen LogP contribution in [0.15, 0.2) is 12.1 Å². The SMILES string of the molecule is CCc1ccc(C(NC)C2C3CCCC32)s1. The zero-order valence-corrected chi connectivity index (χ0v) is 11.0. The highest BCUT2D eigenvalue weighted by Gasteiger charge is 2.55. The summed E-state index contributed by atoms with van der Waals surface area (Å²) in [5.74, 6) is 3.04. The summed E-state index contributed by atoms with van der Waals surface area (Å²) in [6.07, 6.45) is 5.63. The maximum absolute atomic E-state index is 3.56. The molecule has 0 aliphatic heterocycles. The summed E-state index contributed by atoms with van der Waals surface area (Å²) < 4.78 is 0. The third kappa shape index (κ3) is 1.63.